The largest absolute Gasteiger partial charge is 0.338 e. The Morgan fingerprint density at radius 2 is 1.38 bits per heavy atom. The van der Waals surface area contributed by atoms with Crippen LogP contribution in [0.3, 0.4) is 0 Å². The third-order valence-electron chi connectivity index (χ3n) is 6.70. The average molecular weight is 542 g/mol. The first-order valence-corrected chi connectivity index (χ1v) is 14.9. The van der Waals surface area contributed by atoms with Crippen LogP contribution < -0.4 is 4.31 Å². The molecule has 3 aromatic rings. The fourth-order valence-corrected chi connectivity index (χ4v) is 7.20. The highest BCUT2D eigenvalue weighted by Crippen LogP contribution is 2.29. The van der Waals surface area contributed by atoms with Crippen molar-refractivity contribution in [1.29, 1.82) is 0 Å². The minimum atomic E-state index is -4.02. The van der Waals surface area contributed by atoms with Crippen LogP contribution in [-0.2, 0) is 24.8 Å². The van der Waals surface area contributed by atoms with Crippen LogP contribution in [-0.4, -0.2) is 64.7 Å². The summed E-state index contributed by atoms with van der Waals surface area (Å²) < 4.78 is 55.9. The number of amides is 1. The predicted molar refractivity (Wildman–Crippen MR) is 143 cm³/mol. The maximum atomic E-state index is 13.6. The van der Waals surface area contributed by atoms with Gasteiger partial charge in [-0.15, -0.1) is 0 Å². The summed E-state index contributed by atoms with van der Waals surface area (Å²) in [6.07, 6.45) is 0. The molecule has 0 atom stereocenters. The molecule has 0 spiro atoms. The zero-order chi connectivity index (χ0) is 26.8. The van der Waals surface area contributed by atoms with Crippen molar-refractivity contribution in [2.24, 2.45) is 0 Å². The highest BCUT2D eigenvalue weighted by atomic mass is 32.2. The second-order valence-electron chi connectivity index (χ2n) is 9.14. The Balaban J connectivity index is 1.55. The molecule has 0 bridgehead atoms. The lowest BCUT2D eigenvalue weighted by atomic mass is 10.1. The van der Waals surface area contributed by atoms with E-state index in [1.807, 2.05) is 26.8 Å². The minimum Gasteiger partial charge on any atom is -0.338 e. The van der Waals surface area contributed by atoms with Crippen LogP contribution in [0, 0.1) is 20.8 Å². The second-order valence-corrected chi connectivity index (χ2v) is 12.9. The summed E-state index contributed by atoms with van der Waals surface area (Å²) >= 11 is 0. The van der Waals surface area contributed by atoms with Gasteiger partial charge in [0.2, 0.25) is 15.9 Å². The fourth-order valence-electron chi connectivity index (χ4n) is 4.29. The number of piperazine rings is 1. The summed E-state index contributed by atoms with van der Waals surface area (Å²) in [6.45, 7) is 5.85. The average Bonchev–Trinajstić information content (AvgIpc) is 2.90. The van der Waals surface area contributed by atoms with Gasteiger partial charge < -0.3 is 4.90 Å². The third kappa shape index (κ3) is 5.56. The Morgan fingerprint density at radius 1 is 0.757 bits per heavy atom. The summed E-state index contributed by atoms with van der Waals surface area (Å²) in [7, 11) is -7.70. The topological polar surface area (TPSA) is 95.1 Å². The number of hydrogen-bond acceptors (Lipinski definition) is 5. The van der Waals surface area contributed by atoms with E-state index in [9.17, 15) is 21.6 Å². The molecule has 0 N–H and O–H groups in total. The molecular weight excluding hydrogens is 510 g/mol. The van der Waals surface area contributed by atoms with Gasteiger partial charge >= 0.3 is 0 Å². The molecule has 0 radical (unpaired) electrons. The first kappa shape index (κ1) is 26.8. The summed E-state index contributed by atoms with van der Waals surface area (Å²) in [4.78, 5) is 15.2. The molecule has 0 saturated carbocycles. The molecule has 1 amide bonds. The zero-order valence-electron chi connectivity index (χ0n) is 21.2. The summed E-state index contributed by atoms with van der Waals surface area (Å²) in [5, 5.41) is 0. The molecule has 1 saturated heterocycles. The van der Waals surface area contributed by atoms with E-state index in [2.05, 4.69) is 0 Å². The number of benzene rings is 3. The Morgan fingerprint density at radius 3 is 2.00 bits per heavy atom. The molecule has 37 heavy (non-hydrogen) atoms. The van der Waals surface area contributed by atoms with E-state index in [0.29, 0.717) is 5.69 Å². The first-order valence-electron chi connectivity index (χ1n) is 12.0. The third-order valence-corrected chi connectivity index (χ3v) is 10.4. The summed E-state index contributed by atoms with van der Waals surface area (Å²) in [6, 6.07) is 20.1. The van der Waals surface area contributed by atoms with E-state index in [0.717, 1.165) is 21.0 Å². The molecule has 1 heterocycles. The SMILES string of the molecule is Cc1ccc(S(=O)(=O)N2CCN(C(=O)CN(c3cccc(C)c3C)S(=O)(=O)c3ccccc3)CC2)cc1. The standard InChI is InChI=1S/C27H31N3O5S2/c1-21-12-14-25(15-13-21)36(32,33)29-18-16-28(17-19-29)27(31)20-30(26-11-7-8-22(2)23(26)3)37(34,35)24-9-5-4-6-10-24/h4-15H,16-20H2,1-3H3. The molecule has 0 unspecified atom stereocenters. The van der Waals surface area contributed by atoms with Gasteiger partial charge in [0.1, 0.15) is 6.54 Å². The van der Waals surface area contributed by atoms with Crippen molar-refractivity contribution < 1.29 is 21.6 Å². The van der Waals surface area contributed by atoms with Gasteiger partial charge in [0.15, 0.2) is 0 Å². The van der Waals surface area contributed by atoms with Crippen LogP contribution in [0.1, 0.15) is 16.7 Å². The van der Waals surface area contributed by atoms with Gasteiger partial charge in [0, 0.05) is 26.2 Å². The highest BCUT2D eigenvalue weighted by molar-refractivity contribution is 7.92. The van der Waals surface area contributed by atoms with Crippen LogP contribution in [0.15, 0.2) is 82.6 Å². The van der Waals surface area contributed by atoms with Crippen LogP contribution in [0.4, 0.5) is 5.69 Å². The molecule has 8 nitrogen and oxygen atoms in total. The lowest BCUT2D eigenvalue weighted by Crippen LogP contribution is -2.53. The van der Waals surface area contributed by atoms with Gasteiger partial charge in [-0.1, -0.05) is 48.0 Å². The molecule has 196 valence electrons. The van der Waals surface area contributed by atoms with E-state index in [-0.39, 0.29) is 48.4 Å². The molecule has 3 aromatic carbocycles. The number of sulfonamides is 2. The Labute approximate surface area is 219 Å². The van der Waals surface area contributed by atoms with Crippen molar-refractivity contribution >= 4 is 31.6 Å². The van der Waals surface area contributed by atoms with Gasteiger partial charge in [0.25, 0.3) is 10.0 Å². The van der Waals surface area contributed by atoms with E-state index >= 15 is 0 Å². The number of aryl methyl sites for hydroxylation is 2. The number of carbonyl (C=O) groups is 1. The molecule has 1 aliphatic rings. The maximum absolute atomic E-state index is 13.6. The molecule has 0 aromatic heterocycles. The van der Waals surface area contributed by atoms with Crippen molar-refractivity contribution in [1.82, 2.24) is 9.21 Å². The number of nitrogens with zero attached hydrogens (tertiary/aromatic N) is 3. The van der Waals surface area contributed by atoms with Crippen LogP contribution in [0.25, 0.3) is 0 Å². The van der Waals surface area contributed by atoms with Crippen LogP contribution >= 0.6 is 0 Å². The monoisotopic (exact) mass is 541 g/mol. The number of anilines is 1. The van der Waals surface area contributed by atoms with Crippen molar-refractivity contribution in [2.45, 2.75) is 30.6 Å². The number of hydrogen-bond donors (Lipinski definition) is 0. The molecule has 1 fully saturated rings. The van der Waals surface area contributed by atoms with Gasteiger partial charge in [0.05, 0.1) is 15.5 Å². The van der Waals surface area contributed by atoms with Gasteiger partial charge in [-0.3, -0.25) is 9.10 Å². The number of carbonyl (C=O) groups excluding carboxylic acids is 1. The molecule has 1 aliphatic heterocycles. The lowest BCUT2D eigenvalue weighted by molar-refractivity contribution is -0.130. The summed E-state index contributed by atoms with van der Waals surface area (Å²) in [5.74, 6) is -0.382. The molecule has 4 rings (SSSR count). The minimum absolute atomic E-state index is 0.0951. The highest BCUT2D eigenvalue weighted by Gasteiger charge is 2.33. The van der Waals surface area contributed by atoms with Gasteiger partial charge in [-0.25, -0.2) is 16.8 Å². The smallest absolute Gasteiger partial charge is 0.264 e. The molecule has 10 heteroatoms. The first-order chi connectivity index (χ1) is 17.5. The molecular formula is C27H31N3O5S2. The van der Waals surface area contributed by atoms with E-state index in [1.54, 1.807) is 54.6 Å². The van der Waals surface area contributed by atoms with Gasteiger partial charge in [-0.2, -0.15) is 4.31 Å². The van der Waals surface area contributed by atoms with Crippen molar-refractivity contribution in [3.63, 3.8) is 0 Å². The van der Waals surface area contributed by atoms with Crippen LogP contribution in [0.2, 0.25) is 0 Å². The Hall–Kier alpha value is -3.21. The van der Waals surface area contributed by atoms with Crippen molar-refractivity contribution in [3.05, 3.63) is 89.5 Å². The second kappa shape index (κ2) is 10.6. The van der Waals surface area contributed by atoms with E-state index < -0.39 is 20.0 Å². The number of rotatable bonds is 7. The van der Waals surface area contributed by atoms with E-state index in [1.165, 1.54) is 21.3 Å². The fraction of sp³-hybridized carbons (Fsp3) is 0.296. The van der Waals surface area contributed by atoms with Gasteiger partial charge in [-0.05, 0) is 62.2 Å². The lowest BCUT2D eigenvalue weighted by Gasteiger charge is -2.35. The summed E-state index contributed by atoms with van der Waals surface area (Å²) in [5.41, 5.74) is 3.09. The van der Waals surface area contributed by atoms with Crippen molar-refractivity contribution in [2.75, 3.05) is 37.0 Å². The quantitative estimate of drug-likeness (QED) is 0.457. The Kier molecular flexibility index (Phi) is 7.72. The Bertz CT molecular complexity index is 1480. The van der Waals surface area contributed by atoms with Crippen molar-refractivity contribution in [3.8, 4) is 0 Å². The van der Waals surface area contributed by atoms with Crippen LogP contribution in [0.5, 0.6) is 0 Å². The maximum Gasteiger partial charge on any atom is 0.264 e. The normalized spacial score (nSPS) is 14.9. The predicted octanol–water partition coefficient (Wildman–Crippen LogP) is 3.34. The van der Waals surface area contributed by atoms with E-state index in [4.69, 9.17) is 0 Å². The zero-order valence-corrected chi connectivity index (χ0v) is 22.8. The molecule has 0 aliphatic carbocycles.